The van der Waals surface area contributed by atoms with Crippen LogP contribution in [0.5, 0.6) is 0 Å². The molecule has 64 valence electrons. The highest BCUT2D eigenvalue weighted by molar-refractivity contribution is 7.80. The van der Waals surface area contributed by atoms with Crippen LogP contribution in [0.1, 0.15) is 0 Å². The van der Waals surface area contributed by atoms with Crippen LogP contribution in [0.2, 0.25) is 0 Å². The lowest BCUT2D eigenvalue weighted by atomic mass is 11.2. The van der Waals surface area contributed by atoms with Crippen molar-refractivity contribution in [2.45, 2.75) is 0 Å². The number of carbonyl (C=O) groups is 1. The molecule has 0 spiro atoms. The van der Waals surface area contributed by atoms with E-state index in [1.54, 1.807) is 0 Å². The Morgan fingerprint density at radius 1 is 1.27 bits per heavy atom. The van der Waals surface area contributed by atoms with Gasteiger partial charge in [0, 0.05) is 0 Å². The third kappa shape index (κ3) is 51.1. The number of ether oxygens (including phenoxy) is 1. The van der Waals surface area contributed by atoms with Crippen LogP contribution < -0.4 is 11.5 Å². The van der Waals surface area contributed by atoms with Gasteiger partial charge in [-0.05, 0) is 24.4 Å². The van der Waals surface area contributed by atoms with Gasteiger partial charge in [-0.3, -0.25) is 0 Å². The van der Waals surface area contributed by atoms with Crippen molar-refractivity contribution in [3.8, 4) is 0 Å². The first-order valence-electron chi connectivity index (χ1n) is 2.05. The number of aliphatic hydroxyl groups excluding tert-OH is 1. The van der Waals surface area contributed by atoms with Crippen LogP contribution in [0, 0.1) is 0 Å². The third-order valence-electron chi connectivity index (χ3n) is 0.188. The van der Waals surface area contributed by atoms with Crippen molar-refractivity contribution >= 4 is 40.9 Å². The normalized spacial score (nSPS) is 6.91. The molecule has 8 heteroatoms. The fraction of sp³-hybridized carbons (Fsp3) is 0. The fourth-order valence-corrected chi connectivity index (χ4v) is 0.157. The summed E-state index contributed by atoms with van der Waals surface area (Å²) in [4.78, 5) is 9.42. The molecule has 0 rings (SSSR count). The van der Waals surface area contributed by atoms with Crippen LogP contribution in [0.4, 0.5) is 4.79 Å². The average molecular weight is 198 g/mol. The van der Waals surface area contributed by atoms with Crippen molar-refractivity contribution in [2.75, 3.05) is 0 Å². The second kappa shape index (κ2) is 6.96. The molecular weight excluding hydrogens is 192 g/mol. The van der Waals surface area contributed by atoms with Gasteiger partial charge in [-0.15, -0.1) is 0 Å². The zero-order valence-corrected chi connectivity index (χ0v) is 6.82. The molecular formula is C3H6N2O4S2. The lowest BCUT2D eigenvalue weighted by Crippen LogP contribution is -2.15. The molecule has 0 saturated heterocycles. The summed E-state index contributed by atoms with van der Waals surface area (Å²) in [5, 5.41) is 14.3. The summed E-state index contributed by atoms with van der Waals surface area (Å²) in [5.41, 5.74) is 9.02. The molecule has 0 radical (unpaired) electrons. The Hall–Kier alpha value is -1.15. The molecule has 0 bridgehead atoms. The van der Waals surface area contributed by atoms with Gasteiger partial charge in [0.05, 0.1) is 0 Å². The van der Waals surface area contributed by atoms with Crippen molar-refractivity contribution in [3.63, 3.8) is 0 Å². The number of thiocarbonyl (C=S) groups is 2. The number of rotatable bonds is 0. The lowest BCUT2D eigenvalue weighted by molar-refractivity contribution is 0.141. The molecule has 0 heterocycles. The maximum atomic E-state index is 9.42. The van der Waals surface area contributed by atoms with Gasteiger partial charge in [-0.25, -0.2) is 4.79 Å². The Morgan fingerprint density at radius 2 is 1.55 bits per heavy atom. The molecule has 0 aromatic rings. The summed E-state index contributed by atoms with van der Waals surface area (Å²) in [7, 11) is 0. The van der Waals surface area contributed by atoms with E-state index in [-0.39, 0.29) is 0 Å². The fourth-order valence-electron chi connectivity index (χ4n) is 0.0861. The smallest absolute Gasteiger partial charge is 0.487 e. The average Bonchev–Trinajstić information content (AvgIpc) is 1.56. The topological polar surface area (TPSA) is 119 Å². The molecule has 0 aliphatic heterocycles. The summed E-state index contributed by atoms with van der Waals surface area (Å²) in [5.74, 6) is 0. The van der Waals surface area contributed by atoms with Gasteiger partial charge in [0.2, 0.25) is 0 Å². The Kier molecular flexibility index (Phi) is 7.92. The molecule has 6 nitrogen and oxygen atoms in total. The molecule has 0 amide bonds. The minimum absolute atomic E-state index is 0.479. The first kappa shape index (κ1) is 12.5. The monoisotopic (exact) mass is 198 g/mol. The van der Waals surface area contributed by atoms with Crippen LogP contribution in [0.3, 0.4) is 0 Å². The summed E-state index contributed by atoms with van der Waals surface area (Å²) in [6.45, 7) is 0. The minimum atomic E-state index is -1.48. The van der Waals surface area contributed by atoms with Gasteiger partial charge < -0.3 is 26.4 Å². The van der Waals surface area contributed by atoms with E-state index in [9.17, 15) is 4.79 Å². The van der Waals surface area contributed by atoms with Gasteiger partial charge in [-0.2, -0.15) is 0 Å². The predicted molar refractivity (Wildman–Crippen MR) is 45.3 cm³/mol. The summed E-state index contributed by atoms with van der Waals surface area (Å²) in [6.07, 6.45) is -1.48. The molecule has 6 N–H and O–H groups in total. The Balaban J connectivity index is 0. The predicted octanol–water partition coefficient (Wildman–Crippen LogP) is -0.287. The highest BCUT2D eigenvalue weighted by Crippen LogP contribution is 1.72. The van der Waals surface area contributed by atoms with Crippen molar-refractivity contribution in [1.82, 2.24) is 0 Å². The van der Waals surface area contributed by atoms with E-state index in [2.05, 4.69) is 40.6 Å². The molecule has 11 heavy (non-hydrogen) atoms. The van der Waals surface area contributed by atoms with E-state index in [1.807, 2.05) is 0 Å². The number of carboxylic acid groups (broad SMARTS) is 1. The number of hydrogen-bond acceptors (Lipinski definition) is 4. The van der Waals surface area contributed by atoms with E-state index < -0.39 is 16.5 Å². The Bertz CT molecular complexity index is 155. The highest BCUT2D eigenvalue weighted by atomic mass is 32.1. The van der Waals surface area contributed by atoms with Crippen LogP contribution in [0.25, 0.3) is 0 Å². The lowest BCUT2D eigenvalue weighted by Gasteiger charge is -1.89. The Morgan fingerprint density at radius 3 is 1.55 bits per heavy atom. The van der Waals surface area contributed by atoms with Crippen molar-refractivity contribution in [2.24, 2.45) is 11.5 Å². The first-order valence-corrected chi connectivity index (χ1v) is 2.86. The van der Waals surface area contributed by atoms with Gasteiger partial charge in [0.25, 0.3) is 10.3 Å². The quantitative estimate of drug-likeness (QED) is 0.310. The van der Waals surface area contributed by atoms with E-state index >= 15 is 0 Å². The van der Waals surface area contributed by atoms with Crippen molar-refractivity contribution in [3.05, 3.63) is 0 Å². The maximum Gasteiger partial charge on any atom is 0.513 e. The third-order valence-corrected chi connectivity index (χ3v) is 0.271. The van der Waals surface area contributed by atoms with Gasteiger partial charge in [0.1, 0.15) is 0 Å². The number of nitrogens with two attached hydrogens (primary N) is 2. The SMILES string of the molecule is NC(=S)OC(=O)O.NC(O)=S. The zero-order chi connectivity index (χ0) is 9.44. The van der Waals surface area contributed by atoms with Crippen molar-refractivity contribution in [1.29, 1.82) is 0 Å². The van der Waals surface area contributed by atoms with E-state index in [1.165, 1.54) is 0 Å². The second-order valence-corrected chi connectivity index (χ2v) is 1.85. The van der Waals surface area contributed by atoms with Crippen LogP contribution >= 0.6 is 24.4 Å². The van der Waals surface area contributed by atoms with Gasteiger partial charge >= 0.3 is 6.16 Å². The van der Waals surface area contributed by atoms with Crippen LogP contribution in [-0.4, -0.2) is 26.7 Å². The molecule has 0 aromatic heterocycles. The zero-order valence-electron chi connectivity index (χ0n) is 5.18. The molecule has 0 saturated carbocycles. The molecule has 0 fully saturated rings. The van der Waals surface area contributed by atoms with Gasteiger partial charge in [0.15, 0.2) is 0 Å². The maximum absolute atomic E-state index is 9.42. The largest absolute Gasteiger partial charge is 0.513 e. The molecule has 0 unspecified atom stereocenters. The highest BCUT2D eigenvalue weighted by Gasteiger charge is 1.94. The number of hydrogen-bond donors (Lipinski definition) is 4. The summed E-state index contributed by atoms with van der Waals surface area (Å²) < 4.78 is 3.68. The van der Waals surface area contributed by atoms with E-state index in [0.717, 1.165) is 0 Å². The van der Waals surface area contributed by atoms with Crippen molar-refractivity contribution < 1.29 is 19.7 Å². The van der Waals surface area contributed by atoms with Gasteiger partial charge in [-0.1, -0.05) is 0 Å². The van der Waals surface area contributed by atoms with Crippen LogP contribution in [-0.2, 0) is 4.74 Å². The summed E-state index contributed by atoms with van der Waals surface area (Å²) in [6, 6.07) is 0. The molecule has 0 aliphatic carbocycles. The molecule has 0 aromatic carbocycles. The summed E-state index contributed by atoms with van der Waals surface area (Å²) >= 11 is 7.92. The number of aliphatic hydroxyl groups is 1. The minimum Gasteiger partial charge on any atom is -0.487 e. The second-order valence-electron chi connectivity index (χ2n) is 1.03. The first-order chi connectivity index (χ1) is 4.86. The molecule has 0 aliphatic rings. The Labute approximate surface area is 72.7 Å². The standard InChI is InChI=1S/C2H3NO3S.CH3NOS/c3-1(7)6-2(4)5;2-1(3)4/h(H2,3,7)(H,4,5);(H3,2,3,4). The van der Waals surface area contributed by atoms with E-state index in [4.69, 9.17) is 10.2 Å². The van der Waals surface area contributed by atoms with Crippen LogP contribution in [0.15, 0.2) is 0 Å². The molecule has 0 atom stereocenters. The van der Waals surface area contributed by atoms with E-state index in [0.29, 0.717) is 0 Å².